The molecule has 6 heteroatoms. The van der Waals surface area contributed by atoms with Crippen LogP contribution in [-0.2, 0) is 28.6 Å². The van der Waals surface area contributed by atoms with E-state index in [0.717, 1.165) is 96.3 Å². The van der Waals surface area contributed by atoms with Crippen LogP contribution in [0.4, 0.5) is 0 Å². The van der Waals surface area contributed by atoms with Gasteiger partial charge < -0.3 is 14.2 Å². The van der Waals surface area contributed by atoms with Gasteiger partial charge in [-0.05, 0) is 64.2 Å². The molecule has 1 unspecified atom stereocenters. The van der Waals surface area contributed by atoms with E-state index in [-0.39, 0.29) is 31.1 Å². The van der Waals surface area contributed by atoms with Gasteiger partial charge in [0.05, 0.1) is 0 Å². The van der Waals surface area contributed by atoms with E-state index in [4.69, 9.17) is 14.2 Å². The molecule has 0 aliphatic heterocycles. The molecule has 0 saturated heterocycles. The van der Waals surface area contributed by atoms with Crippen LogP contribution in [-0.4, -0.2) is 37.2 Å². The summed E-state index contributed by atoms with van der Waals surface area (Å²) in [5.74, 6) is -0.890. The lowest BCUT2D eigenvalue weighted by Gasteiger charge is -2.18. The van der Waals surface area contributed by atoms with Crippen molar-refractivity contribution in [3.05, 3.63) is 60.8 Å². The SMILES string of the molecule is CC/C=C\C/C=C\C/C=C\C/C=C\C/C=C\CCCCCCCCCC(=O)OCC(COC(=O)CCCCCCCC)OC(=O)CCCCCCCCCCCCCCCCC. The first-order chi connectivity index (χ1) is 30.5. The van der Waals surface area contributed by atoms with Gasteiger partial charge in [0.25, 0.3) is 0 Å². The molecule has 0 aromatic carbocycles. The Labute approximate surface area is 383 Å². The van der Waals surface area contributed by atoms with Crippen LogP contribution < -0.4 is 0 Å². The van der Waals surface area contributed by atoms with E-state index in [1.807, 2.05) is 0 Å². The number of esters is 3. The van der Waals surface area contributed by atoms with Gasteiger partial charge in [-0.3, -0.25) is 14.4 Å². The van der Waals surface area contributed by atoms with Crippen LogP contribution in [0.5, 0.6) is 0 Å². The van der Waals surface area contributed by atoms with E-state index in [9.17, 15) is 14.4 Å². The van der Waals surface area contributed by atoms with Crippen molar-refractivity contribution in [2.45, 2.75) is 264 Å². The Morgan fingerprint density at radius 3 is 0.984 bits per heavy atom. The minimum Gasteiger partial charge on any atom is -0.462 e. The summed E-state index contributed by atoms with van der Waals surface area (Å²) in [6.07, 6.45) is 62.3. The minimum absolute atomic E-state index is 0.0758. The Hall–Kier alpha value is -2.89. The molecule has 0 rings (SSSR count). The molecule has 0 aliphatic rings. The monoisotopic (exact) mass is 867 g/mol. The molecule has 0 fully saturated rings. The summed E-state index contributed by atoms with van der Waals surface area (Å²) in [4.78, 5) is 37.8. The van der Waals surface area contributed by atoms with Crippen LogP contribution >= 0.6 is 0 Å². The normalized spacial score (nSPS) is 12.5. The number of carbonyl (C=O) groups is 3. The lowest BCUT2D eigenvalue weighted by Crippen LogP contribution is -2.30. The summed E-state index contributed by atoms with van der Waals surface area (Å²) in [7, 11) is 0. The highest BCUT2D eigenvalue weighted by Gasteiger charge is 2.19. The maximum absolute atomic E-state index is 12.7. The first-order valence-corrected chi connectivity index (χ1v) is 26.3. The lowest BCUT2D eigenvalue weighted by atomic mass is 10.0. The Morgan fingerprint density at radius 2 is 0.629 bits per heavy atom. The molecular formula is C56H98O6. The molecule has 0 amide bonds. The fraction of sp³-hybridized carbons (Fsp3) is 0.768. The molecule has 358 valence electrons. The standard InChI is InChI=1S/C56H98O6/c1-4-7-10-13-16-18-20-22-24-25-26-27-28-29-30-31-33-34-36-38-40-43-46-49-55(58)61-52-53(51-60-54(57)48-45-42-15-12-9-6-3)62-56(59)50-47-44-41-39-37-35-32-23-21-19-17-14-11-8-5-2/h7,10,16,18,22,24,26-27,29-30,53H,4-6,8-9,11-15,17,19-21,23,25,28,31-52H2,1-3H3/b10-7-,18-16-,24-22-,27-26-,30-29-. The lowest BCUT2D eigenvalue weighted by molar-refractivity contribution is -0.167. The van der Waals surface area contributed by atoms with Crippen molar-refractivity contribution in [3.63, 3.8) is 0 Å². The van der Waals surface area contributed by atoms with Crippen molar-refractivity contribution in [2.75, 3.05) is 13.2 Å². The van der Waals surface area contributed by atoms with Crippen LogP contribution in [0.1, 0.15) is 258 Å². The van der Waals surface area contributed by atoms with Crippen molar-refractivity contribution in [1.82, 2.24) is 0 Å². The second-order valence-electron chi connectivity index (χ2n) is 17.4. The third-order valence-corrected chi connectivity index (χ3v) is 11.3. The predicted octanol–water partition coefficient (Wildman–Crippen LogP) is 17.3. The fourth-order valence-corrected chi connectivity index (χ4v) is 7.35. The van der Waals surface area contributed by atoms with Gasteiger partial charge >= 0.3 is 17.9 Å². The van der Waals surface area contributed by atoms with Gasteiger partial charge in [0.2, 0.25) is 0 Å². The van der Waals surface area contributed by atoms with E-state index in [1.165, 1.54) is 122 Å². The molecule has 0 aromatic heterocycles. The maximum atomic E-state index is 12.7. The van der Waals surface area contributed by atoms with E-state index in [2.05, 4.69) is 81.5 Å². The second kappa shape index (κ2) is 50.8. The first-order valence-electron chi connectivity index (χ1n) is 26.3. The van der Waals surface area contributed by atoms with Crippen LogP contribution in [0, 0.1) is 0 Å². The first kappa shape index (κ1) is 59.1. The summed E-state index contributed by atoms with van der Waals surface area (Å²) < 4.78 is 16.7. The van der Waals surface area contributed by atoms with Crippen LogP contribution in [0.3, 0.4) is 0 Å². The minimum atomic E-state index is -0.772. The van der Waals surface area contributed by atoms with Crippen LogP contribution in [0.25, 0.3) is 0 Å². The number of unbranched alkanes of at least 4 members (excludes halogenated alkanes) is 26. The van der Waals surface area contributed by atoms with Gasteiger partial charge in [-0.2, -0.15) is 0 Å². The van der Waals surface area contributed by atoms with E-state index in [1.54, 1.807) is 0 Å². The number of carbonyl (C=O) groups excluding carboxylic acids is 3. The van der Waals surface area contributed by atoms with Crippen molar-refractivity contribution in [2.24, 2.45) is 0 Å². The van der Waals surface area contributed by atoms with Crippen molar-refractivity contribution < 1.29 is 28.6 Å². The van der Waals surface area contributed by atoms with Crippen molar-refractivity contribution in [1.29, 1.82) is 0 Å². The zero-order valence-electron chi connectivity index (χ0n) is 40.9. The van der Waals surface area contributed by atoms with Crippen molar-refractivity contribution in [3.8, 4) is 0 Å². The molecule has 0 saturated carbocycles. The highest BCUT2D eigenvalue weighted by molar-refractivity contribution is 5.71. The molecule has 0 aromatic rings. The largest absolute Gasteiger partial charge is 0.462 e. The molecule has 1 atom stereocenters. The second-order valence-corrected chi connectivity index (χ2v) is 17.4. The highest BCUT2D eigenvalue weighted by Crippen LogP contribution is 2.15. The zero-order chi connectivity index (χ0) is 45.1. The Balaban J connectivity index is 4.19. The average molecular weight is 867 g/mol. The number of hydrogen-bond acceptors (Lipinski definition) is 6. The summed E-state index contributed by atoms with van der Waals surface area (Å²) in [5.41, 5.74) is 0. The Bertz CT molecular complexity index is 1130. The summed E-state index contributed by atoms with van der Waals surface area (Å²) in [5, 5.41) is 0. The fourth-order valence-electron chi connectivity index (χ4n) is 7.35. The smallest absolute Gasteiger partial charge is 0.306 e. The van der Waals surface area contributed by atoms with E-state index < -0.39 is 6.10 Å². The molecule has 0 heterocycles. The van der Waals surface area contributed by atoms with E-state index >= 15 is 0 Å². The predicted molar refractivity (Wildman–Crippen MR) is 265 cm³/mol. The third kappa shape index (κ3) is 48.1. The van der Waals surface area contributed by atoms with Gasteiger partial charge in [-0.1, -0.05) is 236 Å². The summed E-state index contributed by atoms with van der Waals surface area (Å²) in [6.45, 7) is 6.47. The van der Waals surface area contributed by atoms with Gasteiger partial charge in [0.1, 0.15) is 13.2 Å². The average Bonchev–Trinajstić information content (AvgIpc) is 3.27. The quantitative estimate of drug-likeness (QED) is 0.0262. The molecule has 62 heavy (non-hydrogen) atoms. The number of hydrogen-bond donors (Lipinski definition) is 0. The molecule has 0 bridgehead atoms. The number of rotatable bonds is 47. The molecule has 0 radical (unpaired) electrons. The summed E-state index contributed by atoms with van der Waals surface area (Å²) in [6, 6.07) is 0. The topological polar surface area (TPSA) is 78.9 Å². The maximum Gasteiger partial charge on any atom is 0.306 e. The molecule has 0 spiro atoms. The molecule has 0 aliphatic carbocycles. The number of ether oxygens (including phenoxy) is 3. The molecule has 0 N–H and O–H groups in total. The Morgan fingerprint density at radius 1 is 0.339 bits per heavy atom. The van der Waals surface area contributed by atoms with Gasteiger partial charge in [-0.15, -0.1) is 0 Å². The number of allylic oxidation sites excluding steroid dienone is 10. The van der Waals surface area contributed by atoms with Crippen molar-refractivity contribution >= 4 is 17.9 Å². The van der Waals surface area contributed by atoms with Gasteiger partial charge in [-0.25, -0.2) is 0 Å². The molecule has 6 nitrogen and oxygen atoms in total. The third-order valence-electron chi connectivity index (χ3n) is 11.3. The highest BCUT2D eigenvalue weighted by atomic mass is 16.6. The summed E-state index contributed by atoms with van der Waals surface area (Å²) >= 11 is 0. The molecular weight excluding hydrogens is 769 g/mol. The van der Waals surface area contributed by atoms with Crippen LogP contribution in [0.15, 0.2) is 60.8 Å². The Kier molecular flexibility index (Phi) is 48.4. The van der Waals surface area contributed by atoms with Crippen LogP contribution in [0.2, 0.25) is 0 Å². The zero-order valence-corrected chi connectivity index (χ0v) is 40.9. The van der Waals surface area contributed by atoms with Gasteiger partial charge in [0.15, 0.2) is 6.10 Å². The van der Waals surface area contributed by atoms with Gasteiger partial charge in [0, 0.05) is 19.3 Å². The van der Waals surface area contributed by atoms with E-state index in [0.29, 0.717) is 19.3 Å².